The first-order chi connectivity index (χ1) is 9.54. The van der Waals surface area contributed by atoms with Crippen LogP contribution in [0.15, 0.2) is 42.5 Å². The number of rotatable bonds is 4. The molecule has 4 heteroatoms. The van der Waals surface area contributed by atoms with Gasteiger partial charge in [-0.3, -0.25) is 4.79 Å². The Kier molecular flexibility index (Phi) is 4.45. The molecule has 2 aromatic rings. The average Bonchev–Trinajstić information content (AvgIpc) is 2.41. The Morgan fingerprint density at radius 3 is 2.70 bits per heavy atom. The molecule has 2 aromatic carbocycles. The first-order valence-electron chi connectivity index (χ1n) is 6.35. The molecule has 0 aromatic heterocycles. The van der Waals surface area contributed by atoms with Gasteiger partial charge in [0.05, 0.1) is 5.69 Å². The molecule has 0 saturated heterocycles. The van der Waals surface area contributed by atoms with Crippen LogP contribution in [0.25, 0.3) is 0 Å². The highest BCUT2D eigenvalue weighted by molar-refractivity contribution is 5.91. The van der Waals surface area contributed by atoms with E-state index in [1.54, 1.807) is 24.3 Å². The van der Waals surface area contributed by atoms with Crippen LogP contribution < -0.4 is 5.32 Å². The van der Waals surface area contributed by atoms with Gasteiger partial charge in [-0.2, -0.15) is 0 Å². The molecule has 104 valence electrons. The number of carbonyl (C=O) groups is 1. The van der Waals surface area contributed by atoms with Gasteiger partial charge in [-0.15, -0.1) is 0 Å². The van der Waals surface area contributed by atoms with Gasteiger partial charge in [0.2, 0.25) is 5.91 Å². The van der Waals surface area contributed by atoms with Crippen LogP contribution in [-0.2, 0) is 11.2 Å². The summed E-state index contributed by atoms with van der Waals surface area (Å²) in [6.07, 6.45) is 0.591. The van der Waals surface area contributed by atoms with Crippen LogP contribution in [0.5, 0.6) is 0 Å². The fraction of sp³-hybridized carbons (Fsp3) is 0.188. The van der Waals surface area contributed by atoms with Crippen molar-refractivity contribution in [2.45, 2.75) is 19.8 Å². The van der Waals surface area contributed by atoms with Gasteiger partial charge >= 0.3 is 0 Å². The van der Waals surface area contributed by atoms with E-state index in [-0.39, 0.29) is 23.8 Å². The molecule has 0 radical (unpaired) electrons. The molecule has 2 nitrogen and oxygen atoms in total. The van der Waals surface area contributed by atoms with Crippen molar-refractivity contribution in [2.75, 3.05) is 5.32 Å². The molecule has 0 saturated carbocycles. The van der Waals surface area contributed by atoms with Crippen molar-refractivity contribution in [3.63, 3.8) is 0 Å². The van der Waals surface area contributed by atoms with Gasteiger partial charge in [-0.1, -0.05) is 18.2 Å². The van der Waals surface area contributed by atoms with Gasteiger partial charge in [-0.25, -0.2) is 8.78 Å². The summed E-state index contributed by atoms with van der Waals surface area (Å²) < 4.78 is 26.5. The smallest absolute Gasteiger partial charge is 0.224 e. The van der Waals surface area contributed by atoms with E-state index in [0.717, 1.165) is 11.1 Å². The summed E-state index contributed by atoms with van der Waals surface area (Å²) in [6, 6.07) is 10.6. The summed E-state index contributed by atoms with van der Waals surface area (Å²) in [7, 11) is 0. The lowest BCUT2D eigenvalue weighted by molar-refractivity contribution is -0.116. The Bertz CT molecular complexity index is 626. The Morgan fingerprint density at radius 2 is 1.95 bits per heavy atom. The van der Waals surface area contributed by atoms with E-state index in [1.807, 2.05) is 6.92 Å². The Balaban J connectivity index is 1.94. The third-order valence-corrected chi connectivity index (χ3v) is 2.93. The van der Waals surface area contributed by atoms with E-state index in [9.17, 15) is 13.6 Å². The van der Waals surface area contributed by atoms with E-state index in [4.69, 9.17) is 0 Å². The fourth-order valence-electron chi connectivity index (χ4n) is 1.90. The molecule has 20 heavy (non-hydrogen) atoms. The number of carbonyl (C=O) groups excluding carboxylic acids is 1. The topological polar surface area (TPSA) is 29.1 Å². The molecule has 0 aliphatic heterocycles. The predicted octanol–water partition coefficient (Wildman–Crippen LogP) is 3.84. The highest BCUT2D eigenvalue weighted by Gasteiger charge is 2.07. The second-order valence-electron chi connectivity index (χ2n) is 4.66. The van der Waals surface area contributed by atoms with Crippen LogP contribution in [0.1, 0.15) is 17.5 Å². The Labute approximate surface area is 116 Å². The van der Waals surface area contributed by atoms with E-state index in [2.05, 4.69) is 5.32 Å². The largest absolute Gasteiger partial charge is 0.324 e. The zero-order chi connectivity index (χ0) is 14.5. The van der Waals surface area contributed by atoms with Crippen molar-refractivity contribution in [3.8, 4) is 0 Å². The maximum Gasteiger partial charge on any atom is 0.224 e. The third-order valence-electron chi connectivity index (χ3n) is 2.93. The molecule has 0 spiro atoms. The molecule has 0 aliphatic rings. The number of amides is 1. The minimum Gasteiger partial charge on any atom is -0.324 e. The van der Waals surface area contributed by atoms with Crippen molar-refractivity contribution in [1.29, 1.82) is 0 Å². The number of hydrogen-bond donors (Lipinski definition) is 1. The maximum absolute atomic E-state index is 13.5. The normalized spacial score (nSPS) is 10.3. The highest BCUT2D eigenvalue weighted by atomic mass is 19.1. The summed E-state index contributed by atoms with van der Waals surface area (Å²) in [5, 5.41) is 2.53. The highest BCUT2D eigenvalue weighted by Crippen LogP contribution is 2.16. The molecule has 1 amide bonds. The van der Waals surface area contributed by atoms with Gasteiger partial charge in [-0.05, 0) is 48.7 Å². The molecule has 0 bridgehead atoms. The number of halogens is 2. The summed E-state index contributed by atoms with van der Waals surface area (Å²) in [6.45, 7) is 1.82. The van der Waals surface area contributed by atoms with Gasteiger partial charge in [0.1, 0.15) is 11.6 Å². The van der Waals surface area contributed by atoms with Crippen molar-refractivity contribution >= 4 is 11.6 Å². The minimum absolute atomic E-state index is 0.175. The van der Waals surface area contributed by atoms with E-state index < -0.39 is 5.82 Å². The standard InChI is InChI=1S/C16H15F2NO/c1-11-5-7-14(18)15(9-11)19-16(20)8-6-12-3-2-4-13(17)10-12/h2-5,7,9-10H,6,8H2,1H3,(H,19,20). The molecule has 2 rings (SSSR count). The predicted molar refractivity (Wildman–Crippen MR) is 74.5 cm³/mol. The van der Waals surface area contributed by atoms with E-state index >= 15 is 0 Å². The zero-order valence-corrected chi connectivity index (χ0v) is 11.1. The van der Waals surface area contributed by atoms with Crippen molar-refractivity contribution in [2.24, 2.45) is 0 Å². The quantitative estimate of drug-likeness (QED) is 0.902. The van der Waals surface area contributed by atoms with Crippen molar-refractivity contribution < 1.29 is 13.6 Å². The second kappa shape index (κ2) is 6.28. The number of anilines is 1. The second-order valence-corrected chi connectivity index (χ2v) is 4.66. The summed E-state index contributed by atoms with van der Waals surface area (Å²) in [5.41, 5.74) is 1.78. The minimum atomic E-state index is -0.463. The monoisotopic (exact) mass is 275 g/mol. The molecule has 1 N–H and O–H groups in total. The van der Waals surface area contributed by atoms with Gasteiger partial charge in [0.25, 0.3) is 0 Å². The SMILES string of the molecule is Cc1ccc(F)c(NC(=O)CCc2cccc(F)c2)c1. The van der Waals surface area contributed by atoms with Crippen molar-refractivity contribution in [1.82, 2.24) is 0 Å². The molecule has 0 atom stereocenters. The van der Waals surface area contributed by atoms with Crippen LogP contribution in [-0.4, -0.2) is 5.91 Å². The molecule has 0 aliphatic carbocycles. The average molecular weight is 275 g/mol. The summed E-state index contributed by atoms with van der Waals surface area (Å²) >= 11 is 0. The Morgan fingerprint density at radius 1 is 1.15 bits per heavy atom. The number of aryl methyl sites for hydroxylation is 2. The van der Waals surface area contributed by atoms with Crippen LogP contribution in [0.4, 0.5) is 14.5 Å². The summed E-state index contributed by atoms with van der Waals surface area (Å²) in [4.78, 5) is 11.8. The maximum atomic E-state index is 13.5. The van der Waals surface area contributed by atoms with Gasteiger partial charge in [0, 0.05) is 6.42 Å². The third kappa shape index (κ3) is 3.88. The van der Waals surface area contributed by atoms with Crippen molar-refractivity contribution in [3.05, 3.63) is 65.2 Å². The summed E-state index contributed by atoms with van der Waals surface area (Å²) in [5.74, 6) is -1.08. The first kappa shape index (κ1) is 14.2. The van der Waals surface area contributed by atoms with Crippen LogP contribution >= 0.6 is 0 Å². The zero-order valence-electron chi connectivity index (χ0n) is 11.1. The molecule has 0 fully saturated rings. The number of hydrogen-bond acceptors (Lipinski definition) is 1. The lowest BCUT2D eigenvalue weighted by atomic mass is 10.1. The van der Waals surface area contributed by atoms with E-state index in [1.165, 1.54) is 18.2 Å². The fourth-order valence-corrected chi connectivity index (χ4v) is 1.90. The van der Waals surface area contributed by atoms with Gasteiger partial charge < -0.3 is 5.32 Å². The van der Waals surface area contributed by atoms with Gasteiger partial charge in [0.15, 0.2) is 0 Å². The molecular weight excluding hydrogens is 260 g/mol. The number of benzene rings is 2. The lowest BCUT2D eigenvalue weighted by Gasteiger charge is -2.07. The van der Waals surface area contributed by atoms with Crippen LogP contribution in [0.3, 0.4) is 0 Å². The molecule has 0 unspecified atom stereocenters. The molecular formula is C16H15F2NO. The van der Waals surface area contributed by atoms with E-state index in [0.29, 0.717) is 6.42 Å². The molecule has 0 heterocycles. The number of nitrogens with one attached hydrogen (secondary N) is 1. The van der Waals surface area contributed by atoms with Crippen LogP contribution in [0.2, 0.25) is 0 Å². The Hall–Kier alpha value is -2.23. The van der Waals surface area contributed by atoms with Crippen LogP contribution in [0, 0.1) is 18.6 Å². The first-order valence-corrected chi connectivity index (χ1v) is 6.35. The lowest BCUT2D eigenvalue weighted by Crippen LogP contribution is -2.13.